The third kappa shape index (κ3) is 21.5. The van der Waals surface area contributed by atoms with Crippen molar-refractivity contribution in [1.29, 1.82) is 0 Å². The molecular formula is C106H83Cl5F9N9O6S4. The van der Waals surface area contributed by atoms with Gasteiger partial charge >= 0.3 is 0 Å². The molecule has 12 aromatic carbocycles. The number of imidazole rings is 4. The predicted octanol–water partition coefficient (Wildman–Crippen LogP) is 29.2. The van der Waals surface area contributed by atoms with Crippen molar-refractivity contribution >= 4 is 116 Å². The third-order valence-electron chi connectivity index (χ3n) is 23.8. The Morgan fingerprint density at radius 2 is 0.612 bits per heavy atom. The summed E-state index contributed by atoms with van der Waals surface area (Å²) in [5, 5.41) is 4.74. The minimum atomic E-state index is -0.480. The number of hydrogen-bond acceptors (Lipinski definition) is 15. The molecule has 21 rings (SSSR count). The highest BCUT2D eigenvalue weighted by Gasteiger charge is 2.38. The Morgan fingerprint density at radius 1 is 0.317 bits per heavy atom. The van der Waals surface area contributed by atoms with Gasteiger partial charge in [0.25, 0.3) is 0 Å². The summed E-state index contributed by atoms with van der Waals surface area (Å²) < 4.78 is 170. The van der Waals surface area contributed by atoms with E-state index in [0.717, 1.165) is 107 Å². The van der Waals surface area contributed by atoms with Crippen LogP contribution in [-0.4, -0.2) is 76.7 Å². The second kappa shape index (κ2) is 43.5. The van der Waals surface area contributed by atoms with Gasteiger partial charge in [-0.1, -0.05) is 166 Å². The molecule has 710 valence electrons. The number of aryl methyl sites for hydroxylation is 4. The van der Waals surface area contributed by atoms with E-state index >= 15 is 0 Å². The summed E-state index contributed by atoms with van der Waals surface area (Å²) in [7, 11) is 1.64. The van der Waals surface area contributed by atoms with Crippen molar-refractivity contribution in [3.8, 4) is 28.5 Å². The lowest BCUT2D eigenvalue weighted by molar-refractivity contribution is 0.0646. The zero-order chi connectivity index (χ0) is 97.0. The van der Waals surface area contributed by atoms with Crippen molar-refractivity contribution in [3.05, 3.63) is 433 Å². The van der Waals surface area contributed by atoms with Gasteiger partial charge < -0.3 is 28.1 Å². The van der Waals surface area contributed by atoms with Gasteiger partial charge in [-0.25, -0.2) is 64.4 Å². The van der Waals surface area contributed by atoms with E-state index in [4.69, 9.17) is 106 Å². The van der Waals surface area contributed by atoms with E-state index in [-0.39, 0.29) is 76.1 Å². The number of halogens is 14. The summed E-state index contributed by atoms with van der Waals surface area (Å²) in [5.74, 6) is -0.540. The van der Waals surface area contributed by atoms with Crippen LogP contribution in [0.15, 0.2) is 268 Å². The molecule has 0 radical (unpaired) electrons. The maximum Gasteiger partial charge on any atom is 0.192 e. The number of aromatic nitrogens is 9. The first-order chi connectivity index (χ1) is 67.3. The summed E-state index contributed by atoms with van der Waals surface area (Å²) in [6.45, 7) is 9.44. The van der Waals surface area contributed by atoms with Gasteiger partial charge in [0, 0.05) is 126 Å². The van der Waals surface area contributed by atoms with Crippen LogP contribution in [-0.2, 0) is 67.6 Å². The molecule has 0 amide bonds. The fraction of sp³-hybridized carbons (Fsp3) is 0.198. The quantitative estimate of drug-likeness (QED) is 0.0497. The van der Waals surface area contributed by atoms with Crippen LogP contribution in [0.25, 0.3) is 33.8 Å². The van der Waals surface area contributed by atoms with Crippen molar-refractivity contribution in [2.75, 3.05) is 33.5 Å². The molecule has 0 N–H and O–H groups in total. The summed E-state index contributed by atoms with van der Waals surface area (Å²) in [6, 6.07) is 65.8. The van der Waals surface area contributed by atoms with Crippen molar-refractivity contribution in [3.63, 3.8) is 0 Å². The van der Waals surface area contributed by atoms with E-state index in [1.807, 2.05) is 93.6 Å². The molecule has 9 heterocycles. The van der Waals surface area contributed by atoms with Crippen LogP contribution in [0.2, 0.25) is 25.1 Å². The highest BCUT2D eigenvalue weighted by atomic mass is 35.5. The molecule has 4 atom stereocenters. The van der Waals surface area contributed by atoms with Crippen molar-refractivity contribution in [1.82, 2.24) is 43.2 Å². The Kier molecular flexibility index (Phi) is 30.7. The molecule has 0 aliphatic carbocycles. The molecule has 0 saturated carbocycles. The van der Waals surface area contributed by atoms with Crippen LogP contribution < -0.4 is 4.74 Å². The monoisotopic (exact) mass is 2050 g/mol. The van der Waals surface area contributed by atoms with Crippen LogP contribution >= 0.6 is 105 Å². The second-order valence-electron chi connectivity index (χ2n) is 32.8. The normalized spacial score (nSPS) is 15.3. The number of fused-ring (bicyclic) bond motifs is 5. The van der Waals surface area contributed by atoms with Crippen molar-refractivity contribution in [2.24, 2.45) is 0 Å². The standard InChI is InChI=1S/C27H20ClF2N3O2S.C27H23ClF2N2O2S.C26H20Cl2F2N2OS.C26H20ClF3N2OS/c1-15-31-22-10-5-16(13-24(22)35-15)26-25-23(11-12-34-26)32-27(33(25)18-8-6-17(29)7-9-18)36-14-19-20(28)3-2-4-21(19)30;1-16-14-17(6-11-24(16)33-2)26-25-23(12-13-34-26)31-27(32(25)19-9-7-18(29)8-10-19)35-15-20-21(28)4-3-5-22(20)30;1-15-13-16(5-10-20(15)27)25-24-23(11-12-33-25)31-26(32(24)18-8-6-17(29)7-9-18)34-14-19-21(28)3-2-4-22(19)30;1-15-13-16(5-10-21(15)29)25-24-23(11-12-33-25)31-26(32(24)18-8-6-17(28)7-9-18)34-14-19-20(27)3-2-4-22(19)30/h2-10,13,26H,11-12,14H2,1H3;3-11,14,26H,12-13,15H2,1-2H3;2*2-10,13,25H,11-12,14H2,1H3. The molecule has 17 aromatic rings. The van der Waals surface area contributed by atoms with Gasteiger partial charge in [0.05, 0.1) is 79.1 Å². The van der Waals surface area contributed by atoms with Gasteiger partial charge in [-0.2, -0.15) is 0 Å². The maximum atomic E-state index is 14.5. The number of hydrogen-bond donors (Lipinski definition) is 0. The molecule has 4 aliphatic heterocycles. The van der Waals surface area contributed by atoms with E-state index in [2.05, 4.69) is 4.98 Å². The first-order valence-corrected chi connectivity index (χ1v) is 49.8. The first kappa shape index (κ1) is 98.0. The average Bonchev–Trinajstić information content (AvgIpc) is 1.63. The SMILES string of the molecule is COc1ccc(C2OCCc3nc(SCc4c(F)cccc4Cl)n(-c4ccc(F)cc4)c32)cc1C.Cc1cc(C2OCCc3nc(SCc4c(F)cccc4Cl)n(-c4ccc(F)cc4)c32)ccc1Cl.Cc1cc(C2OCCc3nc(SCc4c(F)cccc4Cl)n(-c4ccc(F)cc4)c32)ccc1F.Cc1nc2ccc(C3OCCc4nc(SCc5c(F)cccc5Cl)n(-c5ccc(F)cc5)c43)cc2o1. The number of rotatable bonds is 21. The van der Waals surface area contributed by atoms with Gasteiger partial charge in [-0.05, 0) is 242 Å². The lowest BCUT2D eigenvalue weighted by Gasteiger charge is -2.26. The number of nitrogens with zero attached hydrogens (tertiary/aromatic N) is 9. The van der Waals surface area contributed by atoms with Crippen LogP contribution in [0.3, 0.4) is 0 Å². The Morgan fingerprint density at radius 3 is 0.914 bits per heavy atom. The van der Waals surface area contributed by atoms with E-state index in [1.54, 1.807) is 123 Å². The van der Waals surface area contributed by atoms with E-state index in [9.17, 15) is 39.5 Å². The molecule has 4 aliphatic rings. The molecule has 0 saturated heterocycles. The first-order valence-electron chi connectivity index (χ1n) is 44.0. The maximum absolute atomic E-state index is 14.5. The Balaban J connectivity index is 0.000000123. The van der Waals surface area contributed by atoms with Crippen molar-refractivity contribution < 1.29 is 67.6 Å². The lowest BCUT2D eigenvalue weighted by atomic mass is 9.99. The minimum absolute atomic E-state index is 0.268. The molecule has 0 bridgehead atoms. The summed E-state index contributed by atoms with van der Waals surface area (Å²) in [4.78, 5) is 24.0. The van der Waals surface area contributed by atoms with Crippen LogP contribution in [0.1, 0.15) is 137 Å². The fourth-order valence-electron chi connectivity index (χ4n) is 17.0. The predicted molar refractivity (Wildman–Crippen MR) is 528 cm³/mol. The third-order valence-corrected chi connectivity index (χ3v) is 29.5. The van der Waals surface area contributed by atoms with Gasteiger partial charge in [0.2, 0.25) is 0 Å². The molecule has 0 fully saturated rings. The number of methoxy groups -OCH3 is 1. The minimum Gasteiger partial charge on any atom is -0.496 e. The highest BCUT2D eigenvalue weighted by Crippen LogP contribution is 2.47. The summed E-state index contributed by atoms with van der Waals surface area (Å²) >= 11 is 36.7. The Hall–Kier alpha value is -11.2. The van der Waals surface area contributed by atoms with Gasteiger partial charge in [-0.15, -0.1) is 0 Å². The molecule has 139 heavy (non-hydrogen) atoms. The Labute approximate surface area is 836 Å². The van der Waals surface area contributed by atoms with E-state index < -0.39 is 12.2 Å². The Bertz CT molecular complexity index is 7110. The topological polar surface area (TPSA) is 143 Å². The average molecular weight is 2060 g/mol. The van der Waals surface area contributed by atoms with Crippen LogP contribution in [0.4, 0.5) is 39.5 Å². The molecule has 33 heteroatoms. The highest BCUT2D eigenvalue weighted by molar-refractivity contribution is 7.99. The molecule has 4 unspecified atom stereocenters. The smallest absolute Gasteiger partial charge is 0.192 e. The summed E-state index contributed by atoms with van der Waals surface area (Å²) in [6.07, 6.45) is 0.853. The fourth-order valence-corrected chi connectivity index (χ4v) is 22.6. The number of ether oxygens (including phenoxy) is 5. The van der Waals surface area contributed by atoms with Crippen molar-refractivity contribution in [2.45, 2.75) is 121 Å². The van der Waals surface area contributed by atoms with Crippen LogP contribution in [0, 0.1) is 80.0 Å². The van der Waals surface area contributed by atoms with Crippen LogP contribution in [0.5, 0.6) is 5.75 Å². The molecule has 15 nitrogen and oxygen atoms in total. The summed E-state index contributed by atoms with van der Waals surface area (Å²) in [5.41, 5.74) is 19.1. The zero-order valence-electron chi connectivity index (χ0n) is 74.8. The van der Waals surface area contributed by atoms with Gasteiger partial charge in [-0.3, -0.25) is 18.3 Å². The van der Waals surface area contributed by atoms with Gasteiger partial charge in [0.1, 0.15) is 88.0 Å². The zero-order valence-corrected chi connectivity index (χ0v) is 81.8. The molecule has 0 spiro atoms. The van der Waals surface area contributed by atoms with Gasteiger partial charge in [0.15, 0.2) is 32.1 Å². The second-order valence-corrected chi connectivity index (χ2v) is 38.6. The largest absolute Gasteiger partial charge is 0.496 e. The number of benzene rings is 12. The molecule has 5 aromatic heterocycles. The van der Waals surface area contributed by atoms with E-state index in [1.165, 1.54) is 126 Å². The number of thioether (sulfide) groups is 4. The van der Waals surface area contributed by atoms with E-state index in [0.29, 0.717) is 154 Å². The molecular weight excluding hydrogens is 1970 g/mol. The lowest BCUT2D eigenvalue weighted by Crippen LogP contribution is -2.20. The number of oxazole rings is 1.